The van der Waals surface area contributed by atoms with E-state index in [2.05, 4.69) is 48.1 Å². The van der Waals surface area contributed by atoms with E-state index in [1.807, 2.05) is 11.1 Å². The van der Waals surface area contributed by atoms with Crippen molar-refractivity contribution in [3.05, 3.63) is 23.3 Å². The topological polar surface area (TPSA) is 20.2 Å². The van der Waals surface area contributed by atoms with Gasteiger partial charge < -0.3 is 5.11 Å². The first-order valence-electron chi connectivity index (χ1n) is 13.2. The molecule has 0 saturated heterocycles. The molecule has 1 nitrogen and oxygen atoms in total. The van der Waals surface area contributed by atoms with Gasteiger partial charge in [-0.05, 0) is 111 Å². The molecule has 2 saturated carbocycles. The van der Waals surface area contributed by atoms with Crippen molar-refractivity contribution in [1.29, 1.82) is 0 Å². The molecular weight excluding hydrogens is 364 g/mol. The van der Waals surface area contributed by atoms with Gasteiger partial charge in [0.2, 0.25) is 0 Å². The minimum atomic E-state index is -0.0728. The van der Waals surface area contributed by atoms with Gasteiger partial charge in [0, 0.05) is 0 Å². The van der Waals surface area contributed by atoms with Crippen molar-refractivity contribution in [2.45, 2.75) is 112 Å². The summed E-state index contributed by atoms with van der Waals surface area (Å²) in [5, 5.41) is 10.5. The van der Waals surface area contributed by atoms with Crippen molar-refractivity contribution in [2.75, 3.05) is 0 Å². The standard InChI is InChI=1S/C29H48O/c1-18(2)19(3)8-9-20(4)23-12-13-25-22-10-11-24-21(5)27(30)15-17-29(24,7)26(22)14-16-28(23,25)6/h18,20-21,23-25,27,30H,3,8-17H2,1-2,4-7H3/t20-,21+,23+,24-,25-,27+,28-,29+/m1/s1. The van der Waals surface area contributed by atoms with Crippen molar-refractivity contribution in [3.8, 4) is 0 Å². The Morgan fingerprint density at radius 2 is 1.80 bits per heavy atom. The normalized spacial score (nSPS) is 44.5. The van der Waals surface area contributed by atoms with Crippen molar-refractivity contribution < 1.29 is 5.11 Å². The predicted octanol–water partition coefficient (Wildman–Crippen LogP) is 7.94. The predicted molar refractivity (Wildman–Crippen MR) is 128 cm³/mol. The van der Waals surface area contributed by atoms with Crippen molar-refractivity contribution in [2.24, 2.45) is 46.3 Å². The Morgan fingerprint density at radius 1 is 1.07 bits per heavy atom. The Kier molecular flexibility index (Phi) is 6.10. The minimum absolute atomic E-state index is 0.0728. The van der Waals surface area contributed by atoms with Crippen LogP contribution in [-0.4, -0.2) is 11.2 Å². The molecule has 0 aromatic heterocycles. The number of hydrogen-bond donors (Lipinski definition) is 1. The van der Waals surface area contributed by atoms with E-state index in [1.165, 1.54) is 63.4 Å². The van der Waals surface area contributed by atoms with Crippen molar-refractivity contribution >= 4 is 0 Å². The second kappa shape index (κ2) is 8.09. The zero-order valence-corrected chi connectivity index (χ0v) is 20.8. The van der Waals surface area contributed by atoms with Crippen molar-refractivity contribution in [1.82, 2.24) is 0 Å². The van der Waals surface area contributed by atoms with Crippen LogP contribution in [-0.2, 0) is 0 Å². The van der Waals surface area contributed by atoms with Crippen LogP contribution in [0.1, 0.15) is 106 Å². The first-order valence-corrected chi connectivity index (χ1v) is 13.2. The first-order chi connectivity index (χ1) is 14.1. The second-order valence-electron chi connectivity index (χ2n) is 12.6. The van der Waals surface area contributed by atoms with Gasteiger partial charge in [0.25, 0.3) is 0 Å². The summed E-state index contributed by atoms with van der Waals surface area (Å²) >= 11 is 0. The molecule has 0 aromatic carbocycles. The van der Waals surface area contributed by atoms with Gasteiger partial charge in [-0.2, -0.15) is 0 Å². The van der Waals surface area contributed by atoms with Crippen LogP contribution < -0.4 is 0 Å². The highest BCUT2D eigenvalue weighted by Crippen LogP contribution is 2.66. The Hall–Kier alpha value is -0.560. The van der Waals surface area contributed by atoms with E-state index in [1.54, 1.807) is 0 Å². The zero-order valence-electron chi connectivity index (χ0n) is 20.8. The van der Waals surface area contributed by atoms with Crippen LogP contribution in [0.15, 0.2) is 23.3 Å². The number of allylic oxidation sites excluding steroid dienone is 3. The molecule has 0 unspecified atom stereocenters. The molecule has 4 rings (SSSR count). The summed E-state index contributed by atoms with van der Waals surface area (Å²) in [5.41, 5.74) is 6.08. The van der Waals surface area contributed by atoms with Crippen LogP contribution >= 0.6 is 0 Å². The van der Waals surface area contributed by atoms with Crippen LogP contribution in [0.2, 0.25) is 0 Å². The molecule has 0 aromatic rings. The molecule has 1 heteroatoms. The van der Waals surface area contributed by atoms with Gasteiger partial charge in [-0.25, -0.2) is 0 Å². The quantitative estimate of drug-likeness (QED) is 0.454. The highest BCUT2D eigenvalue weighted by atomic mass is 16.3. The molecule has 0 radical (unpaired) electrons. The Morgan fingerprint density at radius 3 is 2.50 bits per heavy atom. The fourth-order valence-electron chi connectivity index (χ4n) is 8.79. The number of rotatable bonds is 5. The average Bonchev–Trinajstić information content (AvgIpc) is 3.06. The number of aliphatic hydroxyl groups excluding tert-OH is 1. The minimum Gasteiger partial charge on any atom is -0.393 e. The lowest BCUT2D eigenvalue weighted by atomic mass is 9.49. The van der Waals surface area contributed by atoms with E-state index >= 15 is 0 Å². The van der Waals surface area contributed by atoms with E-state index < -0.39 is 0 Å². The van der Waals surface area contributed by atoms with Crippen LogP contribution in [0, 0.1) is 46.3 Å². The third kappa shape index (κ3) is 3.46. The highest BCUT2D eigenvalue weighted by Gasteiger charge is 2.56. The van der Waals surface area contributed by atoms with Crippen LogP contribution in [0.4, 0.5) is 0 Å². The molecule has 30 heavy (non-hydrogen) atoms. The van der Waals surface area contributed by atoms with E-state index in [-0.39, 0.29) is 6.10 Å². The Balaban J connectivity index is 1.54. The Labute approximate surface area is 186 Å². The smallest absolute Gasteiger partial charge is 0.0569 e. The molecular formula is C29H48O. The van der Waals surface area contributed by atoms with E-state index in [4.69, 9.17) is 0 Å². The van der Waals surface area contributed by atoms with Gasteiger partial charge in [-0.3, -0.25) is 0 Å². The SMILES string of the molecule is C=C(CC[C@@H](C)[C@@H]1CC[C@@H]2C3=C(CC[C@@]21C)[C@@]1(C)CC[C@H](O)[C@@H](C)[C@H]1CC3)C(C)C. The Bertz CT molecular complexity index is 701. The fraction of sp³-hybridized carbons (Fsp3) is 0.862. The fourth-order valence-corrected chi connectivity index (χ4v) is 8.79. The molecule has 0 bridgehead atoms. The van der Waals surface area contributed by atoms with Crippen LogP contribution in [0.5, 0.6) is 0 Å². The van der Waals surface area contributed by atoms with Gasteiger partial charge in [0.1, 0.15) is 0 Å². The van der Waals surface area contributed by atoms with Gasteiger partial charge in [-0.1, -0.05) is 64.8 Å². The van der Waals surface area contributed by atoms with Crippen LogP contribution in [0.25, 0.3) is 0 Å². The van der Waals surface area contributed by atoms with Gasteiger partial charge in [0.05, 0.1) is 6.10 Å². The molecule has 4 aliphatic carbocycles. The number of fused-ring (bicyclic) bond motifs is 4. The van der Waals surface area contributed by atoms with Gasteiger partial charge >= 0.3 is 0 Å². The maximum Gasteiger partial charge on any atom is 0.0569 e. The summed E-state index contributed by atoms with van der Waals surface area (Å²) in [6.45, 7) is 19.0. The monoisotopic (exact) mass is 412 g/mol. The van der Waals surface area contributed by atoms with E-state index in [0.717, 1.165) is 24.2 Å². The summed E-state index contributed by atoms with van der Waals surface area (Å²) < 4.78 is 0. The summed E-state index contributed by atoms with van der Waals surface area (Å²) in [4.78, 5) is 0. The largest absolute Gasteiger partial charge is 0.393 e. The molecule has 4 aliphatic rings. The van der Waals surface area contributed by atoms with Crippen LogP contribution in [0.3, 0.4) is 0 Å². The average molecular weight is 413 g/mol. The maximum absolute atomic E-state index is 10.5. The summed E-state index contributed by atoms with van der Waals surface area (Å²) in [6.07, 6.45) is 12.9. The molecule has 0 spiro atoms. The number of hydrogen-bond acceptors (Lipinski definition) is 1. The summed E-state index contributed by atoms with van der Waals surface area (Å²) in [6, 6.07) is 0. The molecule has 2 fully saturated rings. The third-order valence-electron chi connectivity index (χ3n) is 11.0. The molecule has 0 heterocycles. The lowest BCUT2D eigenvalue weighted by Crippen LogP contribution is -2.49. The molecule has 0 amide bonds. The molecule has 170 valence electrons. The lowest BCUT2D eigenvalue weighted by Gasteiger charge is -2.56. The first kappa shape index (κ1) is 22.6. The van der Waals surface area contributed by atoms with Gasteiger partial charge in [-0.15, -0.1) is 0 Å². The highest BCUT2D eigenvalue weighted by molar-refractivity contribution is 5.34. The second-order valence-corrected chi connectivity index (χ2v) is 12.6. The van der Waals surface area contributed by atoms with E-state index in [9.17, 15) is 5.11 Å². The van der Waals surface area contributed by atoms with E-state index in [0.29, 0.717) is 28.6 Å². The van der Waals surface area contributed by atoms with Crippen molar-refractivity contribution in [3.63, 3.8) is 0 Å². The molecule has 1 N–H and O–H groups in total. The van der Waals surface area contributed by atoms with Gasteiger partial charge in [0.15, 0.2) is 0 Å². The number of aliphatic hydroxyl groups is 1. The summed E-state index contributed by atoms with van der Waals surface area (Å²) in [5.74, 6) is 4.32. The zero-order chi connectivity index (χ0) is 21.8. The lowest BCUT2D eigenvalue weighted by molar-refractivity contribution is -0.0336. The molecule has 0 aliphatic heterocycles. The summed E-state index contributed by atoms with van der Waals surface area (Å²) in [7, 11) is 0. The maximum atomic E-state index is 10.5. The molecule has 8 atom stereocenters. The third-order valence-corrected chi connectivity index (χ3v) is 11.0.